The highest BCUT2D eigenvalue weighted by Gasteiger charge is 2.32. The van der Waals surface area contributed by atoms with Gasteiger partial charge in [-0.05, 0) is 36.5 Å². The van der Waals surface area contributed by atoms with Crippen molar-refractivity contribution in [1.82, 2.24) is 5.32 Å². The summed E-state index contributed by atoms with van der Waals surface area (Å²) in [5.41, 5.74) is 1.78. The molecule has 0 heterocycles. The van der Waals surface area contributed by atoms with Crippen LogP contribution in [0.15, 0.2) is 42.5 Å². The molecule has 1 aliphatic rings. The summed E-state index contributed by atoms with van der Waals surface area (Å²) >= 11 is 0. The first kappa shape index (κ1) is 17.1. The molecule has 0 spiro atoms. The maximum absolute atomic E-state index is 12.7. The summed E-state index contributed by atoms with van der Waals surface area (Å²) in [5.74, 6) is 1.70. The lowest BCUT2D eigenvalue weighted by atomic mass is 9.76. The molecule has 2 aromatic carbocycles. The van der Waals surface area contributed by atoms with Crippen molar-refractivity contribution in [1.29, 1.82) is 0 Å². The third kappa shape index (κ3) is 3.40. The number of rotatable bonds is 6. The summed E-state index contributed by atoms with van der Waals surface area (Å²) in [6, 6.07) is 14.0. The second-order valence-electron chi connectivity index (χ2n) is 6.13. The van der Waals surface area contributed by atoms with E-state index in [0.29, 0.717) is 28.7 Å². The summed E-state index contributed by atoms with van der Waals surface area (Å²) in [5, 5.41) is 3.08. The smallest absolute Gasteiger partial charge is 0.255 e. The van der Waals surface area contributed by atoms with Gasteiger partial charge in [0.05, 0.1) is 26.9 Å². The molecule has 0 aliphatic heterocycles. The highest BCUT2D eigenvalue weighted by atomic mass is 16.5. The molecule has 0 radical (unpaired) electrons. The molecule has 132 valence electrons. The molecule has 25 heavy (non-hydrogen) atoms. The molecule has 0 atom stereocenters. The van der Waals surface area contributed by atoms with Crippen LogP contribution in [0.5, 0.6) is 17.2 Å². The Morgan fingerprint density at radius 3 is 2.20 bits per heavy atom. The molecule has 1 aliphatic carbocycles. The number of carbonyl (C=O) groups is 1. The molecule has 1 fully saturated rings. The van der Waals surface area contributed by atoms with E-state index >= 15 is 0 Å². The molecule has 1 saturated carbocycles. The topological polar surface area (TPSA) is 56.8 Å². The Kier molecular flexibility index (Phi) is 5.12. The molecular formula is C20H23NO4. The van der Waals surface area contributed by atoms with Crippen LogP contribution in [0.3, 0.4) is 0 Å². The first-order valence-corrected chi connectivity index (χ1v) is 8.32. The minimum absolute atomic E-state index is 0.158. The molecule has 2 aromatic rings. The average Bonchev–Trinajstić information content (AvgIpc) is 2.63. The van der Waals surface area contributed by atoms with Crippen molar-refractivity contribution < 1.29 is 19.0 Å². The fourth-order valence-corrected chi connectivity index (χ4v) is 3.28. The van der Waals surface area contributed by atoms with Crippen molar-refractivity contribution in [2.45, 2.75) is 24.8 Å². The lowest BCUT2D eigenvalue weighted by molar-refractivity contribution is 0.0905. The zero-order valence-electron chi connectivity index (χ0n) is 14.7. The molecule has 5 heteroatoms. The van der Waals surface area contributed by atoms with Gasteiger partial charge in [0, 0.05) is 6.04 Å². The summed E-state index contributed by atoms with van der Waals surface area (Å²) in [7, 11) is 4.59. The Morgan fingerprint density at radius 1 is 0.920 bits per heavy atom. The number of amides is 1. The van der Waals surface area contributed by atoms with Crippen LogP contribution in [0.2, 0.25) is 0 Å². The number of hydrogen-bond donors (Lipinski definition) is 1. The number of ether oxygens (including phenoxy) is 3. The van der Waals surface area contributed by atoms with Crippen molar-refractivity contribution >= 4 is 5.91 Å². The second kappa shape index (κ2) is 7.47. The standard InChI is InChI=1S/C20H23NO4/c1-23-17-10-9-16(18(24-2)19(17)25-3)20(22)21-15-11-14(12-15)13-7-5-4-6-8-13/h4-10,14-15H,11-12H2,1-3H3,(H,21,22). The van der Waals surface area contributed by atoms with Crippen LogP contribution < -0.4 is 19.5 Å². The molecule has 3 rings (SSSR count). The molecule has 1 amide bonds. The minimum Gasteiger partial charge on any atom is -0.493 e. The number of hydrogen-bond acceptors (Lipinski definition) is 4. The van der Waals surface area contributed by atoms with E-state index in [2.05, 4.69) is 29.6 Å². The maximum Gasteiger partial charge on any atom is 0.255 e. The lowest BCUT2D eigenvalue weighted by Crippen LogP contribution is -2.43. The van der Waals surface area contributed by atoms with Crippen LogP contribution in [-0.4, -0.2) is 33.3 Å². The van der Waals surface area contributed by atoms with Crippen molar-refractivity contribution in [3.05, 3.63) is 53.6 Å². The van der Waals surface area contributed by atoms with Crippen LogP contribution >= 0.6 is 0 Å². The normalized spacial score (nSPS) is 18.8. The van der Waals surface area contributed by atoms with Gasteiger partial charge in [-0.2, -0.15) is 0 Å². The summed E-state index contributed by atoms with van der Waals surface area (Å²) in [6.45, 7) is 0. The Hall–Kier alpha value is -2.69. The lowest BCUT2D eigenvalue weighted by Gasteiger charge is -2.36. The summed E-state index contributed by atoms with van der Waals surface area (Å²) in [4.78, 5) is 12.7. The van der Waals surface area contributed by atoms with Gasteiger partial charge in [0.1, 0.15) is 0 Å². The highest BCUT2D eigenvalue weighted by Crippen LogP contribution is 2.41. The van der Waals surface area contributed by atoms with Crippen LogP contribution in [0, 0.1) is 0 Å². The van der Waals surface area contributed by atoms with Crippen LogP contribution in [0.25, 0.3) is 0 Å². The number of benzene rings is 2. The summed E-state index contributed by atoms with van der Waals surface area (Å²) < 4.78 is 16.0. The van der Waals surface area contributed by atoms with E-state index in [9.17, 15) is 4.79 Å². The van der Waals surface area contributed by atoms with Crippen LogP contribution in [-0.2, 0) is 0 Å². The summed E-state index contributed by atoms with van der Waals surface area (Å²) in [6.07, 6.45) is 1.90. The van der Waals surface area contributed by atoms with Crippen molar-refractivity contribution in [3.8, 4) is 17.2 Å². The van der Waals surface area contributed by atoms with E-state index in [1.807, 2.05) is 6.07 Å². The number of carbonyl (C=O) groups excluding carboxylic acids is 1. The van der Waals surface area contributed by atoms with E-state index in [4.69, 9.17) is 14.2 Å². The van der Waals surface area contributed by atoms with Gasteiger partial charge < -0.3 is 19.5 Å². The molecule has 0 bridgehead atoms. The van der Waals surface area contributed by atoms with Crippen molar-refractivity contribution in [2.75, 3.05) is 21.3 Å². The third-order valence-corrected chi connectivity index (χ3v) is 4.69. The predicted molar refractivity (Wildman–Crippen MR) is 95.8 cm³/mol. The number of methoxy groups -OCH3 is 3. The van der Waals surface area contributed by atoms with Gasteiger partial charge in [0.2, 0.25) is 5.75 Å². The molecular weight excluding hydrogens is 318 g/mol. The average molecular weight is 341 g/mol. The van der Waals surface area contributed by atoms with E-state index in [-0.39, 0.29) is 11.9 Å². The van der Waals surface area contributed by atoms with Crippen molar-refractivity contribution in [2.24, 2.45) is 0 Å². The Balaban J connectivity index is 1.68. The van der Waals surface area contributed by atoms with Gasteiger partial charge in [-0.25, -0.2) is 0 Å². The molecule has 0 saturated heterocycles. The molecule has 0 unspecified atom stereocenters. The predicted octanol–water partition coefficient (Wildman–Crippen LogP) is 3.39. The minimum atomic E-state index is -0.158. The quantitative estimate of drug-likeness (QED) is 0.875. The molecule has 0 aromatic heterocycles. The monoisotopic (exact) mass is 341 g/mol. The fourth-order valence-electron chi connectivity index (χ4n) is 3.28. The maximum atomic E-state index is 12.7. The zero-order chi connectivity index (χ0) is 17.8. The Labute approximate surface area is 147 Å². The van der Waals surface area contributed by atoms with Gasteiger partial charge in [-0.15, -0.1) is 0 Å². The van der Waals surface area contributed by atoms with E-state index in [1.165, 1.54) is 19.8 Å². The molecule has 5 nitrogen and oxygen atoms in total. The second-order valence-corrected chi connectivity index (χ2v) is 6.13. The van der Waals surface area contributed by atoms with Crippen LogP contribution in [0.1, 0.15) is 34.7 Å². The van der Waals surface area contributed by atoms with E-state index in [1.54, 1.807) is 19.2 Å². The van der Waals surface area contributed by atoms with Gasteiger partial charge in [-0.1, -0.05) is 30.3 Å². The Bertz CT molecular complexity index is 739. The van der Waals surface area contributed by atoms with Gasteiger partial charge in [-0.3, -0.25) is 4.79 Å². The molecule has 1 N–H and O–H groups in total. The first-order chi connectivity index (χ1) is 12.2. The van der Waals surface area contributed by atoms with E-state index < -0.39 is 0 Å². The first-order valence-electron chi connectivity index (χ1n) is 8.32. The van der Waals surface area contributed by atoms with Crippen molar-refractivity contribution in [3.63, 3.8) is 0 Å². The number of nitrogens with one attached hydrogen (secondary N) is 1. The van der Waals surface area contributed by atoms with E-state index in [0.717, 1.165) is 12.8 Å². The highest BCUT2D eigenvalue weighted by molar-refractivity contribution is 5.98. The fraction of sp³-hybridized carbons (Fsp3) is 0.350. The Morgan fingerprint density at radius 2 is 1.60 bits per heavy atom. The van der Waals surface area contributed by atoms with Gasteiger partial charge in [0.15, 0.2) is 11.5 Å². The largest absolute Gasteiger partial charge is 0.493 e. The third-order valence-electron chi connectivity index (χ3n) is 4.69. The SMILES string of the molecule is COc1ccc(C(=O)NC2CC(c3ccccc3)C2)c(OC)c1OC. The van der Waals surface area contributed by atoms with Gasteiger partial charge >= 0.3 is 0 Å². The van der Waals surface area contributed by atoms with Crippen LogP contribution in [0.4, 0.5) is 0 Å². The zero-order valence-corrected chi connectivity index (χ0v) is 14.7. The van der Waals surface area contributed by atoms with Gasteiger partial charge in [0.25, 0.3) is 5.91 Å².